The third-order valence-electron chi connectivity index (χ3n) is 4.59. The van der Waals surface area contributed by atoms with Gasteiger partial charge in [0.1, 0.15) is 4.88 Å². The van der Waals surface area contributed by atoms with Gasteiger partial charge in [0, 0.05) is 18.8 Å². The van der Waals surface area contributed by atoms with Gasteiger partial charge in [0.05, 0.1) is 43.0 Å². The molecular weight excluding hydrogens is 394 g/mol. The first-order valence-corrected chi connectivity index (χ1v) is 10.2. The first-order chi connectivity index (χ1) is 13.9. The lowest BCUT2D eigenvalue weighted by atomic mass is 10.1. The number of carbonyl (C=O) groups excluding carboxylic acids is 2. The summed E-state index contributed by atoms with van der Waals surface area (Å²) < 4.78 is 10.4. The van der Waals surface area contributed by atoms with Gasteiger partial charge in [-0.15, -0.1) is 0 Å². The summed E-state index contributed by atoms with van der Waals surface area (Å²) in [4.78, 5) is 34.8. The van der Waals surface area contributed by atoms with E-state index in [0.717, 1.165) is 23.8 Å². The molecule has 0 aromatic carbocycles. The van der Waals surface area contributed by atoms with Gasteiger partial charge >= 0.3 is 5.97 Å². The Labute approximate surface area is 173 Å². The number of ether oxygens (including phenoxy) is 2. The molecule has 0 radical (unpaired) electrons. The molecule has 0 bridgehead atoms. The van der Waals surface area contributed by atoms with Crippen molar-refractivity contribution >= 4 is 34.6 Å². The van der Waals surface area contributed by atoms with Crippen molar-refractivity contribution in [3.63, 3.8) is 0 Å². The van der Waals surface area contributed by atoms with Gasteiger partial charge in [-0.2, -0.15) is 5.10 Å². The Kier molecular flexibility index (Phi) is 6.65. The van der Waals surface area contributed by atoms with Gasteiger partial charge in [-0.05, 0) is 33.3 Å². The number of hydrazone groups is 1. The summed E-state index contributed by atoms with van der Waals surface area (Å²) in [7, 11) is 0. The number of aromatic amines is 1. The molecule has 3 heterocycles. The lowest BCUT2D eigenvalue weighted by Crippen LogP contribution is -2.36. The Morgan fingerprint density at radius 3 is 2.76 bits per heavy atom. The fraction of sp³-hybridized carbons (Fsp3) is 0.474. The summed E-state index contributed by atoms with van der Waals surface area (Å²) in [5.41, 5.74) is 5.76. The molecule has 2 aromatic heterocycles. The molecule has 0 unspecified atom stereocenters. The van der Waals surface area contributed by atoms with Crippen LogP contribution < -0.4 is 10.3 Å². The van der Waals surface area contributed by atoms with Crippen LogP contribution >= 0.6 is 11.3 Å². The van der Waals surface area contributed by atoms with Gasteiger partial charge in [-0.3, -0.25) is 4.79 Å². The molecule has 1 fully saturated rings. The number of amides is 1. The highest BCUT2D eigenvalue weighted by Crippen LogP contribution is 2.26. The Balaban J connectivity index is 1.68. The van der Waals surface area contributed by atoms with E-state index >= 15 is 0 Å². The van der Waals surface area contributed by atoms with E-state index < -0.39 is 0 Å². The molecule has 9 nitrogen and oxygen atoms in total. The fourth-order valence-electron chi connectivity index (χ4n) is 3.10. The van der Waals surface area contributed by atoms with E-state index in [0.29, 0.717) is 47.3 Å². The lowest BCUT2D eigenvalue weighted by molar-refractivity contribution is 0.0524. The molecule has 0 atom stereocenters. The Hall–Kier alpha value is -2.72. The molecule has 10 heteroatoms. The van der Waals surface area contributed by atoms with Crippen molar-refractivity contribution in [2.45, 2.75) is 27.7 Å². The number of H-pyrrole nitrogens is 1. The van der Waals surface area contributed by atoms with Crippen LogP contribution in [0.4, 0.5) is 5.13 Å². The number of hydrogen-bond acceptors (Lipinski definition) is 8. The minimum Gasteiger partial charge on any atom is -0.462 e. The molecule has 29 heavy (non-hydrogen) atoms. The molecule has 1 amide bonds. The second kappa shape index (κ2) is 9.19. The van der Waals surface area contributed by atoms with E-state index in [1.165, 1.54) is 17.6 Å². The molecule has 1 aliphatic rings. The summed E-state index contributed by atoms with van der Waals surface area (Å²) >= 11 is 1.34. The molecule has 1 aliphatic heterocycles. The molecule has 1 saturated heterocycles. The van der Waals surface area contributed by atoms with E-state index in [-0.39, 0.29) is 11.9 Å². The number of aryl methyl sites for hydroxylation is 2. The van der Waals surface area contributed by atoms with Crippen molar-refractivity contribution < 1.29 is 19.1 Å². The average molecular weight is 420 g/mol. The maximum Gasteiger partial charge on any atom is 0.340 e. The minimum atomic E-state index is -0.377. The number of nitrogens with one attached hydrogen (secondary N) is 2. The van der Waals surface area contributed by atoms with Crippen molar-refractivity contribution in [3.05, 3.63) is 33.1 Å². The number of morpholine rings is 1. The molecule has 2 N–H and O–H groups in total. The van der Waals surface area contributed by atoms with E-state index in [1.54, 1.807) is 20.8 Å². The van der Waals surface area contributed by atoms with Gasteiger partial charge in [-0.25, -0.2) is 15.2 Å². The van der Waals surface area contributed by atoms with Gasteiger partial charge in [0.25, 0.3) is 5.91 Å². The summed E-state index contributed by atoms with van der Waals surface area (Å²) in [5, 5.41) is 4.85. The molecule has 0 spiro atoms. The summed E-state index contributed by atoms with van der Waals surface area (Å²) in [5.74, 6) is -0.694. The lowest BCUT2D eigenvalue weighted by Gasteiger charge is -2.25. The predicted octanol–water partition coefficient (Wildman–Crippen LogP) is 2.17. The number of nitrogens with zero attached hydrogens (tertiary/aromatic N) is 3. The van der Waals surface area contributed by atoms with E-state index in [9.17, 15) is 9.59 Å². The van der Waals surface area contributed by atoms with Crippen LogP contribution in [-0.4, -0.2) is 61.0 Å². The first kappa shape index (κ1) is 21.0. The van der Waals surface area contributed by atoms with Crippen LogP contribution in [0.5, 0.6) is 0 Å². The standard InChI is InChI=1S/C19H25N5O4S/c1-5-28-18(26)15-11(2)14(21-12(15)3)10-20-23-17(25)16-13(4)22-19(29-16)24-6-8-27-9-7-24/h10,21H,5-9H2,1-4H3,(H,23,25)/b20-10+. The molecule has 0 aliphatic carbocycles. The van der Waals surface area contributed by atoms with Gasteiger partial charge in [-0.1, -0.05) is 11.3 Å². The zero-order valence-electron chi connectivity index (χ0n) is 17.0. The van der Waals surface area contributed by atoms with Crippen LogP contribution in [0.2, 0.25) is 0 Å². The van der Waals surface area contributed by atoms with E-state index in [1.807, 2.05) is 6.92 Å². The number of thiazole rings is 1. The highest BCUT2D eigenvalue weighted by Gasteiger charge is 2.21. The summed E-state index contributed by atoms with van der Waals surface area (Å²) in [6.07, 6.45) is 1.49. The second-order valence-corrected chi connectivity index (χ2v) is 7.57. The number of anilines is 1. The van der Waals surface area contributed by atoms with Crippen molar-refractivity contribution in [2.75, 3.05) is 37.8 Å². The predicted molar refractivity (Wildman–Crippen MR) is 111 cm³/mol. The zero-order chi connectivity index (χ0) is 21.0. The van der Waals surface area contributed by atoms with Crippen molar-refractivity contribution in [1.82, 2.24) is 15.4 Å². The Morgan fingerprint density at radius 2 is 2.07 bits per heavy atom. The van der Waals surface area contributed by atoms with E-state index in [4.69, 9.17) is 9.47 Å². The number of rotatable bonds is 6. The Bertz CT molecular complexity index is 927. The van der Waals surface area contributed by atoms with Crippen LogP contribution in [0.3, 0.4) is 0 Å². The van der Waals surface area contributed by atoms with Crippen molar-refractivity contribution in [1.29, 1.82) is 0 Å². The van der Waals surface area contributed by atoms with Crippen LogP contribution in [0.1, 0.15) is 49.6 Å². The van der Waals surface area contributed by atoms with E-state index in [2.05, 4.69) is 25.4 Å². The second-order valence-electron chi connectivity index (χ2n) is 6.59. The summed E-state index contributed by atoms with van der Waals surface area (Å²) in [6.45, 7) is 10.3. The largest absolute Gasteiger partial charge is 0.462 e. The minimum absolute atomic E-state index is 0.309. The van der Waals surface area contributed by atoms with Crippen molar-refractivity contribution in [2.24, 2.45) is 5.10 Å². The van der Waals surface area contributed by atoms with Crippen molar-refractivity contribution in [3.8, 4) is 0 Å². The molecule has 2 aromatic rings. The van der Waals surface area contributed by atoms with Crippen LogP contribution in [0.25, 0.3) is 0 Å². The Morgan fingerprint density at radius 1 is 1.34 bits per heavy atom. The number of esters is 1. The highest BCUT2D eigenvalue weighted by atomic mass is 32.1. The molecule has 156 valence electrons. The third kappa shape index (κ3) is 4.65. The smallest absolute Gasteiger partial charge is 0.340 e. The topological polar surface area (TPSA) is 109 Å². The molecular formula is C19H25N5O4S. The monoisotopic (exact) mass is 419 g/mol. The SMILES string of the molecule is CCOC(=O)c1c(C)[nH]c(/C=N/NC(=O)c2sc(N3CCOCC3)nc2C)c1C. The first-order valence-electron chi connectivity index (χ1n) is 9.42. The number of carbonyl (C=O) groups is 2. The third-order valence-corrected chi connectivity index (χ3v) is 5.81. The maximum atomic E-state index is 12.5. The molecule has 3 rings (SSSR count). The van der Waals surface area contributed by atoms with Gasteiger partial charge < -0.3 is 19.4 Å². The highest BCUT2D eigenvalue weighted by molar-refractivity contribution is 7.17. The number of aromatic nitrogens is 2. The average Bonchev–Trinajstić information content (AvgIpc) is 3.22. The van der Waals surface area contributed by atoms with Crippen LogP contribution in [0, 0.1) is 20.8 Å². The zero-order valence-corrected chi connectivity index (χ0v) is 17.8. The van der Waals surface area contributed by atoms with Crippen LogP contribution in [0.15, 0.2) is 5.10 Å². The summed E-state index contributed by atoms with van der Waals surface area (Å²) in [6, 6.07) is 0. The maximum absolute atomic E-state index is 12.5. The van der Waals surface area contributed by atoms with Crippen LogP contribution in [-0.2, 0) is 9.47 Å². The van der Waals surface area contributed by atoms with Gasteiger partial charge in [0.2, 0.25) is 0 Å². The normalized spacial score (nSPS) is 14.4. The van der Waals surface area contributed by atoms with Gasteiger partial charge in [0.15, 0.2) is 5.13 Å². The quantitative estimate of drug-likeness (QED) is 0.422. The number of hydrogen-bond donors (Lipinski definition) is 2. The fourth-order valence-corrected chi connectivity index (χ4v) is 4.11. The molecule has 0 saturated carbocycles.